The molecule has 4 rings (SSSR count). The van der Waals surface area contributed by atoms with E-state index in [1.165, 1.54) is 11.1 Å². The second kappa shape index (κ2) is 8.28. The van der Waals surface area contributed by atoms with Gasteiger partial charge in [0, 0.05) is 23.6 Å². The van der Waals surface area contributed by atoms with Crippen molar-refractivity contribution >= 4 is 17.3 Å². The zero-order chi connectivity index (χ0) is 20.2. The van der Waals surface area contributed by atoms with Gasteiger partial charge in [0.15, 0.2) is 5.65 Å². The van der Waals surface area contributed by atoms with E-state index in [-0.39, 0.29) is 0 Å². The summed E-state index contributed by atoms with van der Waals surface area (Å²) >= 11 is 0. The van der Waals surface area contributed by atoms with Gasteiger partial charge >= 0.3 is 0 Å². The van der Waals surface area contributed by atoms with Gasteiger partial charge in [-0.25, -0.2) is 4.52 Å². The summed E-state index contributed by atoms with van der Waals surface area (Å²) in [5, 5.41) is 7.84. The molecule has 0 bridgehead atoms. The molecule has 4 aromatic rings. The number of nitrogens with two attached hydrogens (primary N) is 1. The van der Waals surface area contributed by atoms with Crippen molar-refractivity contribution in [1.29, 1.82) is 0 Å². The molecule has 0 spiro atoms. The van der Waals surface area contributed by atoms with Crippen LogP contribution in [-0.2, 0) is 0 Å². The van der Waals surface area contributed by atoms with Crippen LogP contribution in [0.4, 0.5) is 11.6 Å². The summed E-state index contributed by atoms with van der Waals surface area (Å²) < 4.78 is 7.50. The number of ether oxygens (including phenoxy) is 1. The molecule has 0 saturated heterocycles. The van der Waals surface area contributed by atoms with Gasteiger partial charge in [0.25, 0.3) is 0 Å². The van der Waals surface area contributed by atoms with E-state index in [1.807, 2.05) is 24.3 Å². The second-order valence-corrected chi connectivity index (χ2v) is 7.00. The van der Waals surface area contributed by atoms with Crippen molar-refractivity contribution < 1.29 is 4.74 Å². The number of nitrogens with one attached hydrogen (secondary N) is 1. The third kappa shape index (κ3) is 4.35. The molecule has 7 heteroatoms. The fourth-order valence-corrected chi connectivity index (χ4v) is 3.26. The lowest BCUT2D eigenvalue weighted by Crippen LogP contribution is -2.06. The van der Waals surface area contributed by atoms with Crippen LogP contribution in [0.2, 0.25) is 0 Å². The Bertz CT molecular complexity index is 1120. The number of hydrogen-bond acceptors (Lipinski definition) is 6. The second-order valence-electron chi connectivity index (χ2n) is 7.00. The van der Waals surface area contributed by atoms with Crippen molar-refractivity contribution in [3.05, 3.63) is 66.0 Å². The Morgan fingerprint density at radius 1 is 1.10 bits per heavy atom. The highest BCUT2D eigenvalue weighted by molar-refractivity contribution is 5.75. The molecule has 2 aromatic carbocycles. The van der Waals surface area contributed by atoms with Crippen molar-refractivity contribution in [3.8, 4) is 17.0 Å². The van der Waals surface area contributed by atoms with Gasteiger partial charge < -0.3 is 15.8 Å². The number of anilines is 2. The van der Waals surface area contributed by atoms with Crippen LogP contribution in [0, 0.1) is 13.8 Å². The zero-order valence-corrected chi connectivity index (χ0v) is 16.6. The van der Waals surface area contributed by atoms with Gasteiger partial charge in [0.05, 0.1) is 6.61 Å². The third-order valence-corrected chi connectivity index (χ3v) is 4.46. The van der Waals surface area contributed by atoms with Crippen LogP contribution in [-0.4, -0.2) is 32.7 Å². The number of rotatable bonds is 7. The molecule has 0 aliphatic rings. The first-order valence-electron chi connectivity index (χ1n) is 9.62. The highest BCUT2D eigenvalue weighted by Crippen LogP contribution is 2.26. The zero-order valence-electron chi connectivity index (χ0n) is 16.6. The Kier molecular flexibility index (Phi) is 5.39. The molecule has 0 radical (unpaired) electrons. The van der Waals surface area contributed by atoms with Gasteiger partial charge in [0.1, 0.15) is 11.4 Å². The first kappa shape index (κ1) is 18.9. The maximum absolute atomic E-state index is 5.76. The molecule has 7 nitrogen and oxygen atoms in total. The lowest BCUT2D eigenvalue weighted by molar-refractivity contribution is 0.313. The van der Waals surface area contributed by atoms with E-state index in [2.05, 4.69) is 52.4 Å². The lowest BCUT2D eigenvalue weighted by atomic mass is 10.1. The average Bonchev–Trinajstić information content (AvgIpc) is 3.10. The molecule has 0 aliphatic heterocycles. The Hall–Kier alpha value is -3.45. The molecule has 148 valence electrons. The van der Waals surface area contributed by atoms with Gasteiger partial charge in [-0.15, -0.1) is 5.10 Å². The quantitative estimate of drug-likeness (QED) is 0.467. The minimum Gasteiger partial charge on any atom is -0.494 e. The lowest BCUT2D eigenvalue weighted by Gasteiger charge is -2.07. The van der Waals surface area contributed by atoms with Crippen molar-refractivity contribution in [3.63, 3.8) is 0 Å². The Balaban J connectivity index is 1.65. The summed E-state index contributed by atoms with van der Waals surface area (Å²) in [7, 11) is 0. The predicted octanol–water partition coefficient (Wildman–Crippen LogP) is 3.88. The molecular weight excluding hydrogens is 364 g/mol. The van der Waals surface area contributed by atoms with E-state index in [0.29, 0.717) is 24.7 Å². The van der Waals surface area contributed by atoms with Crippen LogP contribution in [0.3, 0.4) is 0 Å². The summed E-state index contributed by atoms with van der Waals surface area (Å²) in [6, 6.07) is 14.1. The van der Waals surface area contributed by atoms with Crippen molar-refractivity contribution in [2.75, 3.05) is 18.5 Å². The molecule has 3 N–H and O–H groups in total. The van der Waals surface area contributed by atoms with Crippen LogP contribution >= 0.6 is 0 Å². The first-order valence-corrected chi connectivity index (χ1v) is 9.62. The van der Waals surface area contributed by atoms with Gasteiger partial charge in [-0.05, 0) is 62.2 Å². The van der Waals surface area contributed by atoms with E-state index in [1.54, 1.807) is 16.9 Å². The summed E-state index contributed by atoms with van der Waals surface area (Å²) in [6.07, 6.45) is 4.33. The van der Waals surface area contributed by atoms with Crippen LogP contribution in [0.25, 0.3) is 16.9 Å². The Morgan fingerprint density at radius 3 is 2.72 bits per heavy atom. The van der Waals surface area contributed by atoms with Gasteiger partial charge in [-0.3, -0.25) is 4.98 Å². The summed E-state index contributed by atoms with van der Waals surface area (Å²) in [5.41, 5.74) is 11.2. The topological polar surface area (TPSA) is 90.4 Å². The number of benzene rings is 2. The molecule has 0 unspecified atom stereocenters. The van der Waals surface area contributed by atoms with Crippen LogP contribution in [0.15, 0.2) is 54.9 Å². The molecule has 0 fully saturated rings. The molecule has 0 saturated carbocycles. The third-order valence-electron chi connectivity index (χ3n) is 4.46. The van der Waals surface area contributed by atoms with E-state index in [0.717, 1.165) is 29.1 Å². The number of nitrogens with zero attached hydrogens (tertiary/aromatic N) is 4. The van der Waals surface area contributed by atoms with E-state index >= 15 is 0 Å². The summed E-state index contributed by atoms with van der Waals surface area (Å²) in [6.45, 7) is 5.34. The smallest absolute Gasteiger partial charge is 0.247 e. The van der Waals surface area contributed by atoms with E-state index in [4.69, 9.17) is 10.5 Å². The molecule has 0 atom stereocenters. The van der Waals surface area contributed by atoms with Crippen LogP contribution < -0.4 is 15.8 Å². The normalized spacial score (nSPS) is 11.0. The SMILES string of the molecule is Cc1cc(C)cc(Nc2nc3c(-c4cccc(OCCCN)c4)nccn3n2)c1. The summed E-state index contributed by atoms with van der Waals surface area (Å²) in [4.78, 5) is 9.21. The fraction of sp³-hybridized carbons (Fsp3) is 0.227. The Labute approximate surface area is 169 Å². The number of hydrogen-bond donors (Lipinski definition) is 2. The van der Waals surface area contributed by atoms with Crippen molar-refractivity contribution in [2.24, 2.45) is 5.73 Å². The van der Waals surface area contributed by atoms with E-state index < -0.39 is 0 Å². The van der Waals surface area contributed by atoms with Crippen LogP contribution in [0.5, 0.6) is 5.75 Å². The number of aromatic nitrogens is 4. The van der Waals surface area contributed by atoms with E-state index in [9.17, 15) is 0 Å². The van der Waals surface area contributed by atoms with Crippen LogP contribution in [0.1, 0.15) is 17.5 Å². The standard InChI is InChI=1S/C22H24N6O/c1-15-11-16(2)13-18(12-15)25-22-26-21-20(24-8-9-28(21)27-22)17-5-3-6-19(14-17)29-10-4-7-23/h3,5-6,8-9,11-14H,4,7,10,23H2,1-2H3,(H,25,27). The highest BCUT2D eigenvalue weighted by Gasteiger charge is 2.12. The number of fused-ring (bicyclic) bond motifs is 1. The maximum Gasteiger partial charge on any atom is 0.247 e. The monoisotopic (exact) mass is 388 g/mol. The van der Waals surface area contributed by atoms with Gasteiger partial charge in [-0.2, -0.15) is 4.98 Å². The molecule has 0 aliphatic carbocycles. The predicted molar refractivity (Wildman–Crippen MR) is 115 cm³/mol. The van der Waals surface area contributed by atoms with Crippen molar-refractivity contribution in [2.45, 2.75) is 20.3 Å². The molecule has 29 heavy (non-hydrogen) atoms. The van der Waals surface area contributed by atoms with Gasteiger partial charge in [0.2, 0.25) is 5.95 Å². The fourth-order valence-electron chi connectivity index (χ4n) is 3.26. The number of aryl methyl sites for hydroxylation is 2. The Morgan fingerprint density at radius 2 is 1.93 bits per heavy atom. The average molecular weight is 388 g/mol. The maximum atomic E-state index is 5.76. The molecular formula is C22H24N6O. The molecule has 0 amide bonds. The van der Waals surface area contributed by atoms with Crippen molar-refractivity contribution in [1.82, 2.24) is 19.6 Å². The minimum absolute atomic E-state index is 0.527. The minimum atomic E-state index is 0.527. The summed E-state index contributed by atoms with van der Waals surface area (Å²) in [5.74, 6) is 1.31. The largest absolute Gasteiger partial charge is 0.494 e. The first-order chi connectivity index (χ1) is 14.1. The van der Waals surface area contributed by atoms with Gasteiger partial charge in [-0.1, -0.05) is 18.2 Å². The molecule has 2 heterocycles. The highest BCUT2D eigenvalue weighted by atomic mass is 16.5. The molecule has 2 aromatic heterocycles.